The van der Waals surface area contributed by atoms with Crippen molar-refractivity contribution >= 4 is 39.1 Å². The summed E-state index contributed by atoms with van der Waals surface area (Å²) in [5, 5.41) is 12.4. The Hall–Kier alpha value is -2.18. The van der Waals surface area contributed by atoms with Gasteiger partial charge in [0.25, 0.3) is 5.91 Å². The number of anilines is 1. The maximum atomic E-state index is 13.7. The molecule has 11 heteroatoms. The van der Waals surface area contributed by atoms with Crippen LogP contribution in [0.2, 0.25) is 0 Å². The number of β-amino-alcohol motifs (C(OH)–C–C–N with tert-alkyl or cyclic N) is 1. The fourth-order valence-corrected chi connectivity index (χ4v) is 6.48. The lowest BCUT2D eigenvalue weighted by atomic mass is 9.90. The van der Waals surface area contributed by atoms with Gasteiger partial charge in [-0.05, 0) is 37.0 Å². The molecule has 1 aliphatic heterocycles. The third kappa shape index (κ3) is 7.26. The minimum Gasteiger partial charge on any atom is -0.395 e. The number of carbonyl (C=O) groups excluding carboxylic acids is 2. The van der Waals surface area contributed by atoms with Crippen LogP contribution in [-0.2, 0) is 20.3 Å². The first kappa shape index (κ1) is 28.8. The molecule has 2 aliphatic rings. The van der Waals surface area contributed by atoms with E-state index in [-0.39, 0.29) is 30.6 Å². The molecule has 1 aliphatic carbocycles. The van der Waals surface area contributed by atoms with Gasteiger partial charge < -0.3 is 20.1 Å². The van der Waals surface area contributed by atoms with Crippen LogP contribution in [0.5, 0.6) is 0 Å². The third-order valence-electron chi connectivity index (χ3n) is 7.32. The predicted molar refractivity (Wildman–Crippen MR) is 149 cm³/mol. The maximum Gasteiger partial charge on any atom is 0.265 e. The first-order chi connectivity index (χ1) is 18.4. The zero-order valence-corrected chi connectivity index (χ0v) is 23.8. The molecule has 3 atom stereocenters. The molecule has 9 nitrogen and oxygen atoms in total. The Kier molecular flexibility index (Phi) is 10.4. The van der Waals surface area contributed by atoms with Crippen molar-refractivity contribution in [3.8, 4) is 0 Å². The topological polar surface area (TPSA) is 112 Å². The number of piperazine rings is 1. The average molecular weight is 563 g/mol. The number of hydrogen-bond acceptors (Lipinski definition) is 8. The van der Waals surface area contributed by atoms with Gasteiger partial charge in [-0.15, -0.1) is 0 Å². The predicted octanol–water partition coefficient (Wildman–Crippen LogP) is 3.09. The maximum absolute atomic E-state index is 13.7. The molecule has 3 unspecified atom stereocenters. The average Bonchev–Trinajstić information content (AvgIpc) is 3.61. The highest BCUT2D eigenvalue weighted by Gasteiger charge is 2.33. The van der Waals surface area contributed by atoms with Gasteiger partial charge in [-0.1, -0.05) is 43.2 Å². The summed E-state index contributed by atoms with van der Waals surface area (Å²) in [5.74, 6) is -0.892. The van der Waals surface area contributed by atoms with Crippen LogP contribution in [0.25, 0.3) is 0 Å². The van der Waals surface area contributed by atoms with Gasteiger partial charge in [0, 0.05) is 54.7 Å². The van der Waals surface area contributed by atoms with Gasteiger partial charge in [0.05, 0.1) is 30.9 Å². The van der Waals surface area contributed by atoms with E-state index in [4.69, 9.17) is 9.84 Å². The highest BCUT2D eigenvalue weighted by molar-refractivity contribution is 7.84. The molecular formula is C27H38N4O5S2. The van der Waals surface area contributed by atoms with Crippen molar-refractivity contribution in [2.75, 3.05) is 50.9 Å². The Balaban J connectivity index is 1.47. The number of aliphatic hydroxyl groups is 1. The Morgan fingerprint density at radius 2 is 1.87 bits per heavy atom. The van der Waals surface area contributed by atoms with Gasteiger partial charge >= 0.3 is 0 Å². The molecule has 2 N–H and O–H groups in total. The Morgan fingerprint density at radius 3 is 2.47 bits per heavy atom. The van der Waals surface area contributed by atoms with Crippen molar-refractivity contribution < 1.29 is 23.6 Å². The molecule has 208 valence electrons. The lowest BCUT2D eigenvalue weighted by Crippen LogP contribution is -2.49. The van der Waals surface area contributed by atoms with Crippen LogP contribution in [0.15, 0.2) is 35.4 Å². The highest BCUT2D eigenvalue weighted by Crippen LogP contribution is 2.32. The second kappa shape index (κ2) is 13.7. The number of aliphatic hydroxyl groups excluding tert-OH is 1. The number of nitrogens with zero attached hydrogens (tertiary/aromatic N) is 3. The molecule has 1 aromatic carbocycles. The van der Waals surface area contributed by atoms with Gasteiger partial charge in [-0.2, -0.15) is 0 Å². The summed E-state index contributed by atoms with van der Waals surface area (Å²) in [6.45, 7) is 5.38. The van der Waals surface area contributed by atoms with Crippen LogP contribution in [0, 0.1) is 0 Å². The zero-order valence-electron chi connectivity index (χ0n) is 22.1. The van der Waals surface area contributed by atoms with Crippen molar-refractivity contribution in [3.63, 3.8) is 0 Å². The van der Waals surface area contributed by atoms with E-state index in [1.165, 1.54) is 17.5 Å². The molecule has 2 amide bonds. The Labute approximate surface area is 231 Å². The van der Waals surface area contributed by atoms with Gasteiger partial charge in [-0.25, -0.2) is 4.98 Å². The fourth-order valence-electron chi connectivity index (χ4n) is 5.17. The van der Waals surface area contributed by atoms with E-state index in [9.17, 15) is 13.8 Å². The van der Waals surface area contributed by atoms with Crippen molar-refractivity contribution in [1.29, 1.82) is 0 Å². The molecule has 2 fully saturated rings. The van der Waals surface area contributed by atoms with Crippen molar-refractivity contribution in [2.24, 2.45) is 0 Å². The molecular weight excluding hydrogens is 524 g/mol. The van der Waals surface area contributed by atoms with E-state index >= 15 is 0 Å². The number of thiazole rings is 1. The number of ether oxygens (including phenoxy) is 1. The monoisotopic (exact) mass is 562 g/mol. The number of carbonyl (C=O) groups is 2. The number of hydrogen-bond donors (Lipinski definition) is 2. The summed E-state index contributed by atoms with van der Waals surface area (Å²) < 4.78 is 18.3. The van der Waals surface area contributed by atoms with E-state index in [2.05, 4.69) is 15.2 Å². The summed E-state index contributed by atoms with van der Waals surface area (Å²) in [7, 11) is -1.11. The molecule has 1 saturated heterocycles. The number of amides is 2. The van der Waals surface area contributed by atoms with E-state index in [1.807, 2.05) is 19.1 Å². The quantitative estimate of drug-likeness (QED) is 0.433. The van der Waals surface area contributed by atoms with Crippen molar-refractivity contribution in [2.45, 2.75) is 62.0 Å². The molecule has 1 saturated carbocycles. The van der Waals surface area contributed by atoms with Gasteiger partial charge in [0.1, 0.15) is 4.88 Å². The zero-order chi connectivity index (χ0) is 27.1. The minimum absolute atomic E-state index is 0.0950. The van der Waals surface area contributed by atoms with Crippen molar-refractivity contribution in [1.82, 2.24) is 14.8 Å². The van der Waals surface area contributed by atoms with Crippen LogP contribution in [0.4, 0.5) is 5.13 Å². The van der Waals surface area contributed by atoms with Crippen LogP contribution in [-0.4, -0.2) is 93.7 Å². The summed E-state index contributed by atoms with van der Waals surface area (Å²) >= 11 is 1.18. The minimum atomic E-state index is -1.11. The summed E-state index contributed by atoms with van der Waals surface area (Å²) in [4.78, 5) is 36.1. The Morgan fingerprint density at radius 1 is 1.18 bits per heavy atom. The second-order valence-corrected chi connectivity index (χ2v) is 12.3. The fraction of sp³-hybridized carbons (Fsp3) is 0.593. The molecule has 1 aromatic heterocycles. The van der Waals surface area contributed by atoms with E-state index in [0.29, 0.717) is 41.0 Å². The molecule has 38 heavy (non-hydrogen) atoms. The molecule has 0 bridgehead atoms. The lowest BCUT2D eigenvalue weighted by Gasteiger charge is -2.34. The molecule has 0 spiro atoms. The summed E-state index contributed by atoms with van der Waals surface area (Å²) in [6.07, 6.45) is 7.95. The standard InChI is InChI=1S/C27H38N4O5S2/c1-3-22(36-20-6-4-5-7-20)24(19-8-10-21(11-9-19)38(2)35)25(33)29-27-28-18-23(37-27)26(34)31-14-12-30(13-15-31)16-17-32/h8-11,18,20,22,24,32H,3-7,12-17H2,1-2H3,(H,28,29,33). The lowest BCUT2D eigenvalue weighted by molar-refractivity contribution is -0.123. The van der Waals surface area contributed by atoms with Gasteiger partial charge in [0.15, 0.2) is 5.13 Å². The number of nitrogens with one attached hydrogen (secondary N) is 1. The molecule has 0 radical (unpaired) electrons. The van der Waals surface area contributed by atoms with Crippen LogP contribution < -0.4 is 5.32 Å². The summed E-state index contributed by atoms with van der Waals surface area (Å²) in [5.41, 5.74) is 0.801. The summed E-state index contributed by atoms with van der Waals surface area (Å²) in [6, 6.07) is 7.31. The second-order valence-electron chi connectivity index (χ2n) is 9.87. The third-order valence-corrected chi connectivity index (χ3v) is 9.16. The van der Waals surface area contributed by atoms with Crippen molar-refractivity contribution in [3.05, 3.63) is 40.9 Å². The van der Waals surface area contributed by atoms with E-state index in [1.54, 1.807) is 23.3 Å². The van der Waals surface area contributed by atoms with Crippen LogP contribution in [0.3, 0.4) is 0 Å². The number of benzene rings is 1. The first-order valence-electron chi connectivity index (χ1n) is 13.4. The number of rotatable bonds is 11. The SMILES string of the molecule is CCC(OC1CCCC1)C(C(=O)Nc1ncc(C(=O)N2CCN(CCO)CC2)s1)c1ccc(S(C)=O)cc1. The number of aromatic nitrogens is 1. The van der Waals surface area contributed by atoms with E-state index < -0.39 is 16.7 Å². The highest BCUT2D eigenvalue weighted by atomic mass is 32.2. The molecule has 2 heterocycles. The van der Waals surface area contributed by atoms with Gasteiger partial charge in [0.2, 0.25) is 5.91 Å². The van der Waals surface area contributed by atoms with Crippen LogP contribution >= 0.6 is 11.3 Å². The molecule has 4 rings (SSSR count). The molecule has 2 aromatic rings. The van der Waals surface area contributed by atoms with Crippen LogP contribution in [0.1, 0.15) is 60.2 Å². The normalized spacial score (nSPS) is 19.3. The largest absolute Gasteiger partial charge is 0.395 e. The Bertz CT molecular complexity index is 1100. The first-order valence-corrected chi connectivity index (χ1v) is 15.7. The van der Waals surface area contributed by atoms with Gasteiger partial charge in [-0.3, -0.25) is 18.7 Å². The van der Waals surface area contributed by atoms with E-state index in [0.717, 1.165) is 44.3 Å². The smallest absolute Gasteiger partial charge is 0.265 e.